The molecule has 1 heterocycles. The molecular weight excluding hydrogens is 266 g/mol. The Morgan fingerprint density at radius 3 is 2.89 bits per heavy atom. The number of aliphatic hydroxyl groups excluding tert-OH is 1. The minimum Gasteiger partial charge on any atom is -0.395 e. The third-order valence-corrected chi connectivity index (χ3v) is 5.28. The normalized spacial score (nSPS) is 21.7. The lowest BCUT2D eigenvalue weighted by Gasteiger charge is -2.35. The maximum Gasteiger partial charge on any atom is 0.282 e. The summed E-state index contributed by atoms with van der Waals surface area (Å²) in [6.07, 6.45) is 3.48. The van der Waals surface area contributed by atoms with Crippen molar-refractivity contribution < 1.29 is 13.5 Å². The Kier molecular flexibility index (Phi) is 6.95. The molecule has 7 heteroatoms. The SMILES string of the molecule is C=CCN(CCO)S(=O)(=O)N1CCCC(CNC)C1. The van der Waals surface area contributed by atoms with Gasteiger partial charge in [-0.3, -0.25) is 0 Å². The number of nitrogens with one attached hydrogen (secondary N) is 1. The van der Waals surface area contributed by atoms with Gasteiger partial charge >= 0.3 is 0 Å². The van der Waals surface area contributed by atoms with Gasteiger partial charge in [0.2, 0.25) is 0 Å². The fourth-order valence-electron chi connectivity index (χ4n) is 2.41. The lowest BCUT2D eigenvalue weighted by molar-refractivity contribution is 0.227. The van der Waals surface area contributed by atoms with Crippen molar-refractivity contribution >= 4 is 10.2 Å². The van der Waals surface area contributed by atoms with Crippen LogP contribution in [0.2, 0.25) is 0 Å². The van der Waals surface area contributed by atoms with Gasteiger partial charge in [-0.15, -0.1) is 6.58 Å². The van der Waals surface area contributed by atoms with Gasteiger partial charge in [0.25, 0.3) is 10.2 Å². The van der Waals surface area contributed by atoms with Crippen molar-refractivity contribution in [2.45, 2.75) is 12.8 Å². The van der Waals surface area contributed by atoms with Crippen LogP contribution in [0.15, 0.2) is 12.7 Å². The van der Waals surface area contributed by atoms with Crippen LogP contribution in [0.3, 0.4) is 0 Å². The van der Waals surface area contributed by atoms with E-state index in [1.165, 1.54) is 8.61 Å². The van der Waals surface area contributed by atoms with Gasteiger partial charge in [0.05, 0.1) is 6.61 Å². The van der Waals surface area contributed by atoms with Crippen molar-refractivity contribution in [1.29, 1.82) is 0 Å². The third kappa shape index (κ3) is 4.54. The average molecular weight is 291 g/mol. The zero-order valence-corrected chi connectivity index (χ0v) is 12.4. The van der Waals surface area contributed by atoms with Crippen molar-refractivity contribution in [1.82, 2.24) is 13.9 Å². The Bertz CT molecular complexity index is 370. The second kappa shape index (κ2) is 7.96. The summed E-state index contributed by atoms with van der Waals surface area (Å²) in [4.78, 5) is 0. The van der Waals surface area contributed by atoms with E-state index in [-0.39, 0.29) is 19.7 Å². The van der Waals surface area contributed by atoms with Crippen LogP contribution in [-0.4, -0.2) is 68.5 Å². The first-order valence-electron chi connectivity index (χ1n) is 6.67. The van der Waals surface area contributed by atoms with Crippen molar-refractivity contribution in [3.8, 4) is 0 Å². The van der Waals surface area contributed by atoms with Crippen LogP contribution >= 0.6 is 0 Å². The number of piperidine rings is 1. The molecular formula is C12H25N3O3S. The van der Waals surface area contributed by atoms with Gasteiger partial charge in [-0.2, -0.15) is 17.0 Å². The predicted octanol–water partition coefficient (Wildman–Crippen LogP) is -0.357. The minimum atomic E-state index is -3.49. The van der Waals surface area contributed by atoms with Gasteiger partial charge in [-0.05, 0) is 32.4 Å². The molecule has 1 saturated heterocycles. The molecule has 1 atom stereocenters. The first kappa shape index (κ1) is 16.6. The summed E-state index contributed by atoms with van der Waals surface area (Å²) in [6, 6.07) is 0. The van der Waals surface area contributed by atoms with E-state index in [2.05, 4.69) is 11.9 Å². The average Bonchev–Trinajstić information content (AvgIpc) is 2.39. The van der Waals surface area contributed by atoms with E-state index in [0.29, 0.717) is 19.0 Å². The molecule has 1 unspecified atom stereocenters. The highest BCUT2D eigenvalue weighted by Crippen LogP contribution is 2.20. The quantitative estimate of drug-likeness (QED) is 0.599. The molecule has 112 valence electrons. The Labute approximate surface area is 116 Å². The molecule has 1 rings (SSSR count). The lowest BCUT2D eigenvalue weighted by Crippen LogP contribution is -2.49. The molecule has 1 fully saturated rings. The fourth-order valence-corrected chi connectivity index (χ4v) is 4.10. The Morgan fingerprint density at radius 1 is 1.58 bits per heavy atom. The topological polar surface area (TPSA) is 72.9 Å². The Balaban J connectivity index is 2.76. The zero-order valence-electron chi connectivity index (χ0n) is 11.6. The van der Waals surface area contributed by atoms with Gasteiger partial charge in [0, 0.05) is 26.2 Å². The monoisotopic (exact) mass is 291 g/mol. The van der Waals surface area contributed by atoms with E-state index < -0.39 is 10.2 Å². The lowest BCUT2D eigenvalue weighted by atomic mass is 10.00. The van der Waals surface area contributed by atoms with Crippen molar-refractivity contribution in [3.05, 3.63) is 12.7 Å². The molecule has 2 N–H and O–H groups in total. The van der Waals surface area contributed by atoms with Crippen LogP contribution in [-0.2, 0) is 10.2 Å². The van der Waals surface area contributed by atoms with Gasteiger partial charge in [0.1, 0.15) is 0 Å². The number of rotatable bonds is 8. The summed E-state index contributed by atoms with van der Waals surface area (Å²) < 4.78 is 27.8. The van der Waals surface area contributed by atoms with Crippen LogP contribution in [0, 0.1) is 5.92 Å². The molecule has 0 aromatic rings. The largest absolute Gasteiger partial charge is 0.395 e. The molecule has 0 aromatic heterocycles. The molecule has 0 amide bonds. The number of aliphatic hydroxyl groups is 1. The van der Waals surface area contributed by atoms with E-state index in [4.69, 9.17) is 5.11 Å². The Morgan fingerprint density at radius 2 is 2.32 bits per heavy atom. The van der Waals surface area contributed by atoms with Gasteiger partial charge < -0.3 is 10.4 Å². The second-order valence-corrected chi connectivity index (χ2v) is 6.73. The molecule has 19 heavy (non-hydrogen) atoms. The first-order chi connectivity index (χ1) is 9.06. The maximum atomic E-state index is 12.5. The summed E-state index contributed by atoms with van der Waals surface area (Å²) in [5.41, 5.74) is 0. The molecule has 1 aliphatic rings. The zero-order chi connectivity index (χ0) is 14.3. The van der Waals surface area contributed by atoms with E-state index in [0.717, 1.165) is 19.4 Å². The fraction of sp³-hybridized carbons (Fsp3) is 0.833. The molecule has 0 aliphatic carbocycles. The van der Waals surface area contributed by atoms with Gasteiger partial charge in [-0.1, -0.05) is 6.08 Å². The summed E-state index contributed by atoms with van der Waals surface area (Å²) >= 11 is 0. The predicted molar refractivity (Wildman–Crippen MR) is 76.0 cm³/mol. The smallest absolute Gasteiger partial charge is 0.282 e. The third-order valence-electron chi connectivity index (χ3n) is 3.31. The van der Waals surface area contributed by atoms with Gasteiger partial charge in [0.15, 0.2) is 0 Å². The molecule has 0 aromatic carbocycles. The van der Waals surface area contributed by atoms with Crippen LogP contribution in [0.1, 0.15) is 12.8 Å². The number of hydrogen-bond donors (Lipinski definition) is 2. The van der Waals surface area contributed by atoms with Crippen molar-refractivity contribution in [3.63, 3.8) is 0 Å². The van der Waals surface area contributed by atoms with E-state index in [1.54, 1.807) is 6.08 Å². The standard InChI is InChI=1S/C12H25N3O3S/c1-3-6-14(8-9-16)19(17,18)15-7-4-5-12(11-15)10-13-2/h3,12-13,16H,1,4-11H2,2H3. The van der Waals surface area contributed by atoms with Gasteiger partial charge in [-0.25, -0.2) is 0 Å². The van der Waals surface area contributed by atoms with E-state index in [9.17, 15) is 8.42 Å². The highest BCUT2D eigenvalue weighted by molar-refractivity contribution is 7.86. The molecule has 0 spiro atoms. The second-order valence-electron chi connectivity index (χ2n) is 4.80. The Hall–Kier alpha value is -0.470. The van der Waals surface area contributed by atoms with Crippen molar-refractivity contribution in [2.75, 3.05) is 46.4 Å². The van der Waals surface area contributed by atoms with E-state index >= 15 is 0 Å². The van der Waals surface area contributed by atoms with Crippen LogP contribution in [0.5, 0.6) is 0 Å². The number of nitrogens with zero attached hydrogens (tertiary/aromatic N) is 2. The molecule has 0 saturated carbocycles. The first-order valence-corrected chi connectivity index (χ1v) is 8.07. The highest BCUT2D eigenvalue weighted by Gasteiger charge is 2.32. The van der Waals surface area contributed by atoms with Crippen LogP contribution in [0.4, 0.5) is 0 Å². The highest BCUT2D eigenvalue weighted by atomic mass is 32.2. The molecule has 6 nitrogen and oxygen atoms in total. The van der Waals surface area contributed by atoms with Crippen LogP contribution < -0.4 is 5.32 Å². The van der Waals surface area contributed by atoms with Crippen LogP contribution in [0.25, 0.3) is 0 Å². The molecule has 1 aliphatic heterocycles. The summed E-state index contributed by atoms with van der Waals surface area (Å²) in [5, 5.41) is 12.1. The number of hydrogen-bond acceptors (Lipinski definition) is 4. The van der Waals surface area contributed by atoms with E-state index in [1.807, 2.05) is 7.05 Å². The summed E-state index contributed by atoms with van der Waals surface area (Å²) in [7, 11) is -1.61. The maximum absolute atomic E-state index is 12.5. The summed E-state index contributed by atoms with van der Waals surface area (Å²) in [6.45, 7) is 5.66. The molecule has 0 radical (unpaired) electrons. The minimum absolute atomic E-state index is 0.113. The van der Waals surface area contributed by atoms with Crippen molar-refractivity contribution in [2.24, 2.45) is 5.92 Å². The summed E-state index contributed by atoms with van der Waals surface area (Å²) in [5.74, 6) is 0.355. The molecule has 0 bridgehead atoms.